The van der Waals surface area contributed by atoms with E-state index < -0.39 is 18.2 Å². The number of nitrogens with zero attached hydrogens (tertiary/aromatic N) is 5. The number of anilines is 2. The summed E-state index contributed by atoms with van der Waals surface area (Å²) in [6.45, 7) is 2.39. The van der Waals surface area contributed by atoms with Crippen LogP contribution in [0.15, 0.2) is 67.1 Å². The largest absolute Gasteiger partial charge is 0.464 e. The molecule has 4 aromatic rings. The summed E-state index contributed by atoms with van der Waals surface area (Å²) < 4.78 is 17.0. The highest BCUT2D eigenvalue weighted by atomic mass is 35.5. The molecule has 262 valence electrons. The summed E-state index contributed by atoms with van der Waals surface area (Å²) in [5.41, 5.74) is 4.65. The SMILES string of the molecule is CCOC(=O)[C@H]1CCCCC[C@H](NC(=O)/C=C/c2cc(Cl)ccc2-n2cnnn2)c2cc(ccn2)-c2ccc(NC(=O)OCCOC)cc2N1. The predicted molar refractivity (Wildman–Crippen MR) is 188 cm³/mol. The van der Waals surface area contributed by atoms with Crippen LogP contribution in [0.4, 0.5) is 16.2 Å². The molecule has 15 heteroatoms. The van der Waals surface area contributed by atoms with Gasteiger partial charge in [-0.25, -0.2) is 9.59 Å². The van der Waals surface area contributed by atoms with Crippen molar-refractivity contribution in [3.05, 3.63) is 83.4 Å². The molecule has 2 atom stereocenters. The summed E-state index contributed by atoms with van der Waals surface area (Å²) >= 11 is 6.26. The minimum absolute atomic E-state index is 0.103. The summed E-state index contributed by atoms with van der Waals surface area (Å²) in [5.74, 6) is -0.673. The fourth-order valence-electron chi connectivity index (χ4n) is 5.54. The van der Waals surface area contributed by atoms with Crippen LogP contribution in [0.25, 0.3) is 22.9 Å². The average Bonchev–Trinajstić information content (AvgIpc) is 3.65. The average molecular weight is 703 g/mol. The highest BCUT2D eigenvalue weighted by Crippen LogP contribution is 2.34. The van der Waals surface area contributed by atoms with Crippen molar-refractivity contribution >= 4 is 47.0 Å². The third-order valence-electron chi connectivity index (χ3n) is 7.94. The molecular formula is C35H39ClN8O6. The van der Waals surface area contributed by atoms with Crippen LogP contribution in [0.3, 0.4) is 0 Å². The van der Waals surface area contributed by atoms with Gasteiger partial charge in [0.25, 0.3) is 0 Å². The van der Waals surface area contributed by atoms with Crippen LogP contribution in [0, 0.1) is 0 Å². The van der Waals surface area contributed by atoms with Gasteiger partial charge in [-0.1, -0.05) is 36.9 Å². The molecule has 2 bridgehead atoms. The van der Waals surface area contributed by atoms with Crippen molar-refractivity contribution in [2.45, 2.75) is 51.1 Å². The van der Waals surface area contributed by atoms with Gasteiger partial charge in [0.05, 0.1) is 30.6 Å². The van der Waals surface area contributed by atoms with Gasteiger partial charge in [0.15, 0.2) is 0 Å². The molecule has 0 radical (unpaired) electrons. The van der Waals surface area contributed by atoms with E-state index in [0.717, 1.165) is 30.4 Å². The molecule has 0 aliphatic carbocycles. The Bertz CT molecular complexity index is 1800. The van der Waals surface area contributed by atoms with Crippen LogP contribution < -0.4 is 16.0 Å². The standard InChI is InChI=1S/C35H39ClN8O6/c1-3-49-34(46)29-8-6-4-5-7-28(41-33(45)14-9-24-19-25(36)10-13-32(24)44-22-38-42-43-44)31-20-23(15-16-37-31)27-12-11-26(21-30(27)40-29)39-35(47)50-18-17-48-2/h9-16,19-22,28-29,40H,3-8,17-18H2,1-2H3,(H,39,47)(H,41,45)/b14-9+/t28-,29+/m0/s1. The van der Waals surface area contributed by atoms with Crippen LogP contribution >= 0.6 is 11.6 Å². The molecule has 3 heterocycles. The molecule has 2 amide bonds. The number of rotatable bonds is 10. The molecule has 0 saturated carbocycles. The second-order valence-corrected chi connectivity index (χ2v) is 11.9. The van der Waals surface area contributed by atoms with Crippen molar-refractivity contribution in [3.63, 3.8) is 0 Å². The molecule has 1 aliphatic heterocycles. The number of methoxy groups -OCH3 is 1. The van der Waals surface area contributed by atoms with E-state index in [1.54, 1.807) is 49.5 Å². The van der Waals surface area contributed by atoms with E-state index in [9.17, 15) is 14.4 Å². The molecule has 14 nitrogen and oxygen atoms in total. The Morgan fingerprint density at radius 2 is 1.90 bits per heavy atom. The number of tetrazole rings is 1. The minimum Gasteiger partial charge on any atom is -0.464 e. The van der Waals surface area contributed by atoms with Crippen molar-refractivity contribution in [2.75, 3.05) is 37.6 Å². The molecule has 2 aromatic heterocycles. The maximum absolute atomic E-state index is 13.4. The zero-order chi connectivity index (χ0) is 35.3. The first-order valence-corrected chi connectivity index (χ1v) is 16.7. The molecule has 5 rings (SSSR count). The van der Waals surface area contributed by atoms with Crippen LogP contribution in [0.2, 0.25) is 5.02 Å². The number of carbonyl (C=O) groups is 3. The number of esters is 1. The molecule has 0 saturated heterocycles. The summed E-state index contributed by atoms with van der Waals surface area (Å²) in [6.07, 6.45) is 9.10. The van der Waals surface area contributed by atoms with Crippen molar-refractivity contribution in [3.8, 4) is 16.8 Å². The number of fused-ring (bicyclic) bond motifs is 4. The lowest BCUT2D eigenvalue weighted by Crippen LogP contribution is -2.31. The van der Waals surface area contributed by atoms with Gasteiger partial charge in [-0.2, -0.15) is 4.68 Å². The Morgan fingerprint density at radius 3 is 2.70 bits per heavy atom. The number of amides is 2. The summed E-state index contributed by atoms with van der Waals surface area (Å²) in [5, 5.41) is 21.1. The number of pyridine rings is 1. The molecule has 0 unspecified atom stereocenters. The Hall–Kier alpha value is -5.34. The Morgan fingerprint density at radius 1 is 1.04 bits per heavy atom. The molecule has 50 heavy (non-hydrogen) atoms. The van der Waals surface area contributed by atoms with Crippen LogP contribution in [-0.4, -0.2) is 76.1 Å². The number of carbonyl (C=O) groups excluding carboxylic acids is 3. The Kier molecular flexibility index (Phi) is 12.9. The fraction of sp³-hybridized carbons (Fsp3) is 0.343. The van der Waals surface area contributed by atoms with E-state index in [0.29, 0.717) is 46.2 Å². The molecule has 3 N–H and O–H groups in total. The quantitative estimate of drug-likeness (QED) is 0.104. The Balaban J connectivity index is 1.42. The zero-order valence-corrected chi connectivity index (χ0v) is 28.6. The molecular weight excluding hydrogens is 664 g/mol. The van der Waals surface area contributed by atoms with Crippen molar-refractivity contribution in [1.29, 1.82) is 0 Å². The third-order valence-corrected chi connectivity index (χ3v) is 8.17. The lowest BCUT2D eigenvalue weighted by atomic mass is 9.99. The maximum Gasteiger partial charge on any atom is 0.411 e. The zero-order valence-electron chi connectivity index (χ0n) is 27.8. The van der Waals surface area contributed by atoms with Gasteiger partial charge in [-0.15, -0.1) is 5.10 Å². The minimum atomic E-state index is -0.630. The van der Waals surface area contributed by atoms with Gasteiger partial charge in [0, 0.05) is 46.9 Å². The Labute approximate surface area is 294 Å². The molecule has 1 aliphatic rings. The van der Waals surface area contributed by atoms with E-state index in [-0.39, 0.29) is 31.7 Å². The van der Waals surface area contributed by atoms with Gasteiger partial charge in [-0.3, -0.25) is 15.1 Å². The molecule has 0 fully saturated rings. The summed E-state index contributed by atoms with van der Waals surface area (Å²) in [7, 11) is 1.52. The fourth-order valence-corrected chi connectivity index (χ4v) is 5.72. The van der Waals surface area contributed by atoms with Crippen LogP contribution in [0.1, 0.15) is 56.3 Å². The van der Waals surface area contributed by atoms with Gasteiger partial charge in [-0.05, 0) is 84.3 Å². The maximum atomic E-state index is 13.4. The second-order valence-electron chi connectivity index (χ2n) is 11.4. The first-order chi connectivity index (χ1) is 24.3. The number of nitrogens with one attached hydrogen (secondary N) is 3. The lowest BCUT2D eigenvalue weighted by molar-refractivity contribution is -0.144. The van der Waals surface area contributed by atoms with E-state index in [1.807, 2.05) is 18.2 Å². The number of benzene rings is 2. The smallest absolute Gasteiger partial charge is 0.411 e. The van der Waals surface area contributed by atoms with Gasteiger partial charge < -0.3 is 24.8 Å². The second kappa shape index (κ2) is 17.9. The molecule has 2 aromatic carbocycles. The number of hydrogen-bond donors (Lipinski definition) is 3. The van der Waals surface area contributed by atoms with Crippen LogP contribution in [-0.2, 0) is 23.8 Å². The first-order valence-electron chi connectivity index (χ1n) is 16.3. The normalized spacial score (nSPS) is 16.1. The van der Waals surface area contributed by atoms with E-state index in [2.05, 4.69) is 36.5 Å². The van der Waals surface area contributed by atoms with Crippen molar-refractivity contribution in [1.82, 2.24) is 30.5 Å². The highest BCUT2D eigenvalue weighted by molar-refractivity contribution is 6.30. The monoisotopic (exact) mass is 702 g/mol. The van der Waals surface area contributed by atoms with Crippen LogP contribution in [0.5, 0.6) is 0 Å². The first kappa shape index (κ1) is 36.0. The van der Waals surface area contributed by atoms with E-state index >= 15 is 0 Å². The van der Waals surface area contributed by atoms with Crippen molar-refractivity contribution < 1.29 is 28.6 Å². The highest BCUT2D eigenvalue weighted by Gasteiger charge is 2.23. The van der Waals surface area contributed by atoms with Gasteiger partial charge >= 0.3 is 12.1 Å². The lowest BCUT2D eigenvalue weighted by Gasteiger charge is -2.21. The summed E-state index contributed by atoms with van der Waals surface area (Å²) in [6, 6.07) is 13.3. The van der Waals surface area contributed by atoms with E-state index in [4.69, 9.17) is 25.8 Å². The topological polar surface area (TPSA) is 171 Å². The number of aromatic nitrogens is 5. The third kappa shape index (κ3) is 9.86. The molecule has 0 spiro atoms. The van der Waals surface area contributed by atoms with Gasteiger partial charge in [0.2, 0.25) is 5.91 Å². The number of hydrogen-bond acceptors (Lipinski definition) is 11. The van der Waals surface area contributed by atoms with E-state index in [1.165, 1.54) is 24.2 Å². The van der Waals surface area contributed by atoms with Gasteiger partial charge in [0.1, 0.15) is 19.0 Å². The summed E-state index contributed by atoms with van der Waals surface area (Å²) in [4.78, 5) is 43.5. The predicted octanol–water partition coefficient (Wildman–Crippen LogP) is 5.75. The van der Waals surface area contributed by atoms with Crippen molar-refractivity contribution in [2.24, 2.45) is 0 Å². The number of ether oxygens (including phenoxy) is 3. The number of halogens is 1.